The number of hydrogen-bond donors (Lipinski definition) is 0. The van der Waals surface area contributed by atoms with Gasteiger partial charge in [0.25, 0.3) is 0 Å². The minimum Gasteiger partial charge on any atom is -0.456 e. The summed E-state index contributed by atoms with van der Waals surface area (Å²) in [6.07, 6.45) is 0. The van der Waals surface area contributed by atoms with E-state index in [1.165, 1.54) is 27.1 Å². The lowest BCUT2D eigenvalue weighted by Gasteiger charge is -2.26. The molecule has 0 spiro atoms. The fourth-order valence-corrected chi connectivity index (χ4v) is 8.03. The standard InChI is InChI=1S/C46H28N2O2/c1-2-13-30(14-3-1)47-37-19-8-6-16-33(37)36-28-31(25-26-38(36)47)48(39-20-11-23-42-45(39)34-17-7-9-22-41(34)49-42)40-21-10-18-35-44-32-15-5-4-12-29(32)24-27-43(44)50-46(35)40/h1-28H. The topological polar surface area (TPSA) is 34.5 Å². The van der Waals surface area contributed by atoms with Gasteiger partial charge in [-0.1, -0.05) is 103 Å². The van der Waals surface area contributed by atoms with Crippen molar-refractivity contribution < 1.29 is 8.83 Å². The van der Waals surface area contributed by atoms with Gasteiger partial charge in [0.2, 0.25) is 0 Å². The quantitative estimate of drug-likeness (QED) is 0.192. The van der Waals surface area contributed by atoms with E-state index in [2.05, 4.69) is 167 Å². The van der Waals surface area contributed by atoms with Gasteiger partial charge in [-0.15, -0.1) is 0 Å². The number of para-hydroxylation sites is 4. The molecule has 4 nitrogen and oxygen atoms in total. The Hall–Kier alpha value is -6.78. The lowest BCUT2D eigenvalue weighted by Crippen LogP contribution is -2.10. The van der Waals surface area contributed by atoms with Crippen LogP contribution in [0.1, 0.15) is 0 Å². The first-order valence-electron chi connectivity index (χ1n) is 16.9. The van der Waals surface area contributed by atoms with Crippen LogP contribution in [0.3, 0.4) is 0 Å². The highest BCUT2D eigenvalue weighted by Gasteiger charge is 2.24. The zero-order chi connectivity index (χ0) is 32.8. The monoisotopic (exact) mass is 640 g/mol. The molecule has 0 amide bonds. The van der Waals surface area contributed by atoms with Crippen LogP contribution < -0.4 is 4.90 Å². The second-order valence-electron chi connectivity index (χ2n) is 12.9. The molecule has 0 aliphatic heterocycles. The van der Waals surface area contributed by atoms with Gasteiger partial charge in [-0.2, -0.15) is 0 Å². The molecule has 0 unspecified atom stereocenters. The molecule has 0 aliphatic carbocycles. The van der Waals surface area contributed by atoms with E-state index in [0.717, 1.165) is 72.1 Å². The number of nitrogens with zero attached hydrogens (tertiary/aromatic N) is 2. The Kier molecular flexibility index (Phi) is 5.63. The van der Waals surface area contributed by atoms with Crippen molar-refractivity contribution in [2.45, 2.75) is 0 Å². The summed E-state index contributed by atoms with van der Waals surface area (Å²) in [5.41, 5.74) is 9.91. The van der Waals surface area contributed by atoms with Crippen molar-refractivity contribution in [2.75, 3.05) is 4.90 Å². The predicted molar refractivity (Wildman–Crippen MR) is 208 cm³/mol. The van der Waals surface area contributed by atoms with Gasteiger partial charge in [-0.25, -0.2) is 0 Å². The molecule has 0 bridgehead atoms. The number of rotatable bonds is 4. The van der Waals surface area contributed by atoms with E-state index in [-0.39, 0.29) is 0 Å². The molecule has 11 aromatic rings. The van der Waals surface area contributed by atoms with Crippen LogP contribution in [-0.2, 0) is 0 Å². The fourth-order valence-electron chi connectivity index (χ4n) is 8.03. The normalized spacial score (nSPS) is 12.0. The lowest BCUT2D eigenvalue weighted by atomic mass is 10.0. The molecule has 4 heteroatoms. The summed E-state index contributed by atoms with van der Waals surface area (Å²) in [7, 11) is 0. The number of hydrogen-bond acceptors (Lipinski definition) is 3. The molecule has 0 saturated heterocycles. The maximum absolute atomic E-state index is 6.85. The minimum atomic E-state index is 0.843. The van der Waals surface area contributed by atoms with Crippen LogP contribution in [0.4, 0.5) is 17.1 Å². The molecule has 3 heterocycles. The SMILES string of the molecule is c1ccc(-n2c3ccccc3c3cc(N(c4cccc5c4oc4ccc6ccccc6c45)c4cccc5oc6ccccc6c45)ccc32)cc1. The fraction of sp³-hybridized carbons (Fsp3) is 0. The lowest BCUT2D eigenvalue weighted by molar-refractivity contribution is 0.668. The molecule has 11 rings (SSSR count). The zero-order valence-corrected chi connectivity index (χ0v) is 26.9. The van der Waals surface area contributed by atoms with Gasteiger partial charge < -0.3 is 18.3 Å². The van der Waals surface area contributed by atoms with Gasteiger partial charge >= 0.3 is 0 Å². The molecule has 0 N–H and O–H groups in total. The Morgan fingerprint density at radius 1 is 0.400 bits per heavy atom. The zero-order valence-electron chi connectivity index (χ0n) is 26.9. The number of anilines is 3. The van der Waals surface area contributed by atoms with E-state index in [1.807, 2.05) is 12.1 Å². The molecule has 50 heavy (non-hydrogen) atoms. The van der Waals surface area contributed by atoms with Crippen LogP contribution in [0.15, 0.2) is 179 Å². The third-order valence-corrected chi connectivity index (χ3v) is 10.2. The maximum Gasteiger partial charge on any atom is 0.159 e. The van der Waals surface area contributed by atoms with Crippen molar-refractivity contribution in [1.29, 1.82) is 0 Å². The summed E-state index contributed by atoms with van der Waals surface area (Å²) >= 11 is 0. The van der Waals surface area contributed by atoms with E-state index in [1.54, 1.807) is 0 Å². The Bertz CT molecular complexity index is 3110. The highest BCUT2D eigenvalue weighted by atomic mass is 16.3. The summed E-state index contributed by atoms with van der Waals surface area (Å²) in [5, 5.41) is 9.12. The molecule has 3 aromatic heterocycles. The van der Waals surface area contributed by atoms with Crippen molar-refractivity contribution >= 4 is 93.5 Å². The number of furan rings is 2. The third-order valence-electron chi connectivity index (χ3n) is 10.2. The van der Waals surface area contributed by atoms with E-state index in [9.17, 15) is 0 Å². The summed E-state index contributed by atoms with van der Waals surface area (Å²) in [6, 6.07) is 60.0. The highest BCUT2D eigenvalue weighted by Crippen LogP contribution is 2.48. The van der Waals surface area contributed by atoms with Crippen LogP contribution in [0.2, 0.25) is 0 Å². The van der Waals surface area contributed by atoms with Crippen LogP contribution in [0, 0.1) is 0 Å². The molecule has 0 radical (unpaired) electrons. The van der Waals surface area contributed by atoms with Gasteiger partial charge in [-0.05, 0) is 77.5 Å². The van der Waals surface area contributed by atoms with Crippen LogP contribution in [0.25, 0.3) is 82.1 Å². The average Bonchev–Trinajstić information content (AvgIpc) is 3.86. The second-order valence-corrected chi connectivity index (χ2v) is 12.9. The van der Waals surface area contributed by atoms with E-state index < -0.39 is 0 Å². The molecule has 8 aromatic carbocycles. The predicted octanol–water partition coefficient (Wildman–Crippen LogP) is 13.2. The van der Waals surface area contributed by atoms with Gasteiger partial charge in [0.1, 0.15) is 16.7 Å². The van der Waals surface area contributed by atoms with E-state index in [0.29, 0.717) is 0 Å². The molecular formula is C46H28N2O2. The van der Waals surface area contributed by atoms with Crippen LogP contribution in [-0.4, -0.2) is 4.57 Å². The molecule has 0 aliphatic rings. The van der Waals surface area contributed by atoms with E-state index >= 15 is 0 Å². The van der Waals surface area contributed by atoms with Gasteiger partial charge in [0.05, 0.1) is 27.8 Å². The second kappa shape index (κ2) is 10.4. The van der Waals surface area contributed by atoms with E-state index in [4.69, 9.17) is 8.83 Å². The Morgan fingerprint density at radius 3 is 2.00 bits per heavy atom. The Morgan fingerprint density at radius 2 is 1.08 bits per heavy atom. The smallest absolute Gasteiger partial charge is 0.159 e. The molecular weight excluding hydrogens is 613 g/mol. The molecule has 0 fully saturated rings. The summed E-state index contributed by atoms with van der Waals surface area (Å²) < 4.78 is 15.6. The van der Waals surface area contributed by atoms with Crippen molar-refractivity contribution in [3.8, 4) is 5.69 Å². The van der Waals surface area contributed by atoms with Crippen molar-refractivity contribution in [3.63, 3.8) is 0 Å². The largest absolute Gasteiger partial charge is 0.456 e. The summed E-state index contributed by atoms with van der Waals surface area (Å²) in [4.78, 5) is 2.35. The van der Waals surface area contributed by atoms with Crippen molar-refractivity contribution in [1.82, 2.24) is 4.57 Å². The first-order valence-corrected chi connectivity index (χ1v) is 16.9. The Balaban J connectivity index is 1.25. The van der Waals surface area contributed by atoms with Gasteiger partial charge in [0, 0.05) is 38.3 Å². The molecule has 0 saturated carbocycles. The Labute approximate surface area is 286 Å². The maximum atomic E-state index is 6.85. The number of aromatic nitrogens is 1. The summed E-state index contributed by atoms with van der Waals surface area (Å²) in [5.74, 6) is 0. The van der Waals surface area contributed by atoms with Crippen molar-refractivity contribution in [2.24, 2.45) is 0 Å². The first kappa shape index (κ1) is 27.2. The average molecular weight is 641 g/mol. The molecule has 234 valence electrons. The first-order chi connectivity index (χ1) is 24.8. The minimum absolute atomic E-state index is 0.843. The number of fused-ring (bicyclic) bond motifs is 11. The third kappa shape index (κ3) is 3.81. The van der Waals surface area contributed by atoms with Gasteiger partial charge in [-0.3, -0.25) is 0 Å². The summed E-state index contributed by atoms with van der Waals surface area (Å²) in [6.45, 7) is 0. The van der Waals surface area contributed by atoms with Gasteiger partial charge in [0.15, 0.2) is 5.58 Å². The van der Waals surface area contributed by atoms with Crippen LogP contribution >= 0.6 is 0 Å². The number of benzene rings is 8. The van der Waals surface area contributed by atoms with Crippen LogP contribution in [0.5, 0.6) is 0 Å². The van der Waals surface area contributed by atoms with Crippen molar-refractivity contribution in [3.05, 3.63) is 170 Å². The molecule has 0 atom stereocenters. The highest BCUT2D eigenvalue weighted by molar-refractivity contribution is 6.22.